The van der Waals surface area contributed by atoms with Crippen molar-refractivity contribution in [3.05, 3.63) is 78.8 Å². The highest BCUT2D eigenvalue weighted by Crippen LogP contribution is 2.26. The molecule has 1 N–H and O–H groups in total. The Morgan fingerprint density at radius 1 is 0.964 bits per heavy atom. The highest BCUT2D eigenvalue weighted by molar-refractivity contribution is 6.01. The molecule has 0 aliphatic rings. The summed E-state index contributed by atoms with van der Waals surface area (Å²) in [5.74, 6) is 1.16. The lowest BCUT2D eigenvalue weighted by atomic mass is 10.2. The van der Waals surface area contributed by atoms with Crippen LogP contribution in [0.4, 0.5) is 5.95 Å². The highest BCUT2D eigenvalue weighted by atomic mass is 16.5. The van der Waals surface area contributed by atoms with E-state index in [4.69, 9.17) is 9.15 Å². The summed E-state index contributed by atoms with van der Waals surface area (Å²) >= 11 is 0. The van der Waals surface area contributed by atoms with Crippen LogP contribution in [0, 0.1) is 0 Å². The number of amides is 1. The molecule has 0 aliphatic heterocycles. The van der Waals surface area contributed by atoms with E-state index in [2.05, 4.69) is 20.3 Å². The number of benzene rings is 1. The van der Waals surface area contributed by atoms with Crippen molar-refractivity contribution in [2.24, 2.45) is 0 Å². The summed E-state index contributed by atoms with van der Waals surface area (Å²) in [4.78, 5) is 25.2. The molecule has 0 saturated carbocycles. The lowest BCUT2D eigenvalue weighted by Crippen LogP contribution is -2.13. The summed E-state index contributed by atoms with van der Waals surface area (Å²) in [5, 5.41) is 2.65. The Bertz CT molecular complexity index is 1110. The number of pyridine rings is 1. The fourth-order valence-corrected chi connectivity index (χ4v) is 2.63. The number of ether oxygens (including phenoxy) is 1. The molecule has 0 unspecified atom stereocenters. The molecule has 0 radical (unpaired) electrons. The lowest BCUT2D eigenvalue weighted by Gasteiger charge is -2.04. The molecule has 0 bridgehead atoms. The Morgan fingerprint density at radius 2 is 1.89 bits per heavy atom. The summed E-state index contributed by atoms with van der Waals surface area (Å²) in [6.45, 7) is 0. The van der Waals surface area contributed by atoms with Crippen LogP contribution in [0.3, 0.4) is 0 Å². The number of carbonyl (C=O) groups is 1. The number of nitrogens with one attached hydrogen (secondary N) is 1. The minimum absolute atomic E-state index is 0.157. The zero-order valence-corrected chi connectivity index (χ0v) is 15.0. The van der Waals surface area contributed by atoms with E-state index in [1.165, 1.54) is 0 Å². The SMILES string of the molecule is COc1cccc(-c2ccc(C(=O)Nc3nccc(-c4ccccn4)n3)o2)c1. The van der Waals surface area contributed by atoms with E-state index in [-0.39, 0.29) is 11.7 Å². The molecule has 28 heavy (non-hydrogen) atoms. The van der Waals surface area contributed by atoms with Gasteiger partial charge in [0.15, 0.2) is 5.76 Å². The Morgan fingerprint density at radius 3 is 2.71 bits per heavy atom. The molecule has 1 aromatic carbocycles. The molecule has 0 fully saturated rings. The number of hydrogen-bond donors (Lipinski definition) is 1. The second-order valence-corrected chi connectivity index (χ2v) is 5.83. The quantitative estimate of drug-likeness (QED) is 0.568. The van der Waals surface area contributed by atoms with Crippen LogP contribution in [0.2, 0.25) is 0 Å². The molecule has 7 heteroatoms. The van der Waals surface area contributed by atoms with Crippen molar-refractivity contribution in [1.82, 2.24) is 15.0 Å². The molecular formula is C21H16N4O3. The van der Waals surface area contributed by atoms with Gasteiger partial charge in [0.2, 0.25) is 5.95 Å². The van der Waals surface area contributed by atoms with Crippen LogP contribution in [-0.4, -0.2) is 28.0 Å². The van der Waals surface area contributed by atoms with Crippen LogP contribution >= 0.6 is 0 Å². The van der Waals surface area contributed by atoms with E-state index in [1.54, 1.807) is 37.7 Å². The van der Waals surface area contributed by atoms with Crippen molar-refractivity contribution in [2.45, 2.75) is 0 Å². The molecule has 0 aliphatic carbocycles. The van der Waals surface area contributed by atoms with Crippen LogP contribution in [0.25, 0.3) is 22.7 Å². The zero-order chi connectivity index (χ0) is 19.3. The van der Waals surface area contributed by atoms with Gasteiger partial charge in [0.1, 0.15) is 11.5 Å². The van der Waals surface area contributed by atoms with Crippen molar-refractivity contribution in [1.29, 1.82) is 0 Å². The number of rotatable bonds is 5. The molecule has 4 aromatic rings. The second-order valence-electron chi connectivity index (χ2n) is 5.83. The van der Waals surface area contributed by atoms with Crippen LogP contribution in [-0.2, 0) is 0 Å². The normalized spacial score (nSPS) is 10.5. The number of aromatic nitrogens is 3. The lowest BCUT2D eigenvalue weighted by molar-refractivity contribution is 0.0996. The van der Waals surface area contributed by atoms with Gasteiger partial charge in [-0.3, -0.25) is 15.1 Å². The average molecular weight is 372 g/mol. The van der Waals surface area contributed by atoms with Gasteiger partial charge in [-0.1, -0.05) is 18.2 Å². The van der Waals surface area contributed by atoms with Crippen molar-refractivity contribution in [3.8, 4) is 28.5 Å². The average Bonchev–Trinajstić information content (AvgIpc) is 3.25. The first-order valence-electron chi connectivity index (χ1n) is 8.53. The van der Waals surface area contributed by atoms with Gasteiger partial charge in [-0.25, -0.2) is 9.97 Å². The van der Waals surface area contributed by atoms with Gasteiger partial charge in [0.05, 0.1) is 18.5 Å². The smallest absolute Gasteiger partial charge is 0.293 e. The van der Waals surface area contributed by atoms with E-state index < -0.39 is 5.91 Å². The van der Waals surface area contributed by atoms with Crippen molar-refractivity contribution in [3.63, 3.8) is 0 Å². The van der Waals surface area contributed by atoms with E-state index in [1.807, 2.05) is 42.5 Å². The highest BCUT2D eigenvalue weighted by Gasteiger charge is 2.14. The maximum absolute atomic E-state index is 12.5. The first kappa shape index (κ1) is 17.4. The predicted octanol–water partition coefficient (Wildman–Crippen LogP) is 4.06. The third-order valence-corrected chi connectivity index (χ3v) is 3.99. The monoisotopic (exact) mass is 372 g/mol. The standard InChI is InChI=1S/C21H16N4O3/c1-27-15-6-4-5-14(13-15)18-8-9-19(28-18)20(26)25-21-23-12-10-17(24-21)16-7-2-3-11-22-16/h2-13H,1H3,(H,23,24,25,26). The Hall–Kier alpha value is -4.00. The molecule has 138 valence electrons. The molecule has 0 atom stereocenters. The van der Waals surface area contributed by atoms with Gasteiger partial charge >= 0.3 is 0 Å². The number of methoxy groups -OCH3 is 1. The fourth-order valence-electron chi connectivity index (χ4n) is 2.63. The Kier molecular flexibility index (Phi) is 4.79. The van der Waals surface area contributed by atoms with E-state index >= 15 is 0 Å². The number of hydrogen-bond acceptors (Lipinski definition) is 6. The third-order valence-electron chi connectivity index (χ3n) is 3.99. The van der Waals surface area contributed by atoms with Gasteiger partial charge in [-0.15, -0.1) is 0 Å². The van der Waals surface area contributed by atoms with Gasteiger partial charge in [-0.2, -0.15) is 0 Å². The van der Waals surface area contributed by atoms with Crippen LogP contribution in [0.5, 0.6) is 5.75 Å². The summed E-state index contributed by atoms with van der Waals surface area (Å²) in [5.41, 5.74) is 2.12. The van der Waals surface area contributed by atoms with E-state index in [0.29, 0.717) is 22.9 Å². The topological polar surface area (TPSA) is 90.1 Å². The first-order valence-corrected chi connectivity index (χ1v) is 8.53. The number of carbonyl (C=O) groups excluding carboxylic acids is 1. The van der Waals surface area contributed by atoms with E-state index in [9.17, 15) is 4.79 Å². The summed E-state index contributed by atoms with van der Waals surface area (Å²) in [7, 11) is 1.60. The van der Waals surface area contributed by atoms with Gasteiger partial charge in [0.25, 0.3) is 5.91 Å². The molecule has 7 nitrogen and oxygen atoms in total. The van der Waals surface area contributed by atoms with Crippen molar-refractivity contribution in [2.75, 3.05) is 12.4 Å². The maximum Gasteiger partial charge on any atom is 0.293 e. The zero-order valence-electron chi connectivity index (χ0n) is 15.0. The minimum atomic E-state index is -0.438. The third kappa shape index (κ3) is 3.73. The van der Waals surface area contributed by atoms with Gasteiger partial charge in [0, 0.05) is 18.0 Å². The summed E-state index contributed by atoms with van der Waals surface area (Å²) in [6, 6.07) is 18.0. The van der Waals surface area contributed by atoms with Crippen molar-refractivity contribution >= 4 is 11.9 Å². The van der Waals surface area contributed by atoms with Crippen LogP contribution in [0.15, 0.2) is 77.5 Å². The maximum atomic E-state index is 12.5. The molecule has 3 heterocycles. The van der Waals surface area contributed by atoms with Crippen molar-refractivity contribution < 1.29 is 13.9 Å². The summed E-state index contributed by atoms with van der Waals surface area (Å²) < 4.78 is 10.9. The number of anilines is 1. The van der Waals surface area contributed by atoms with Gasteiger partial charge < -0.3 is 9.15 Å². The first-order chi connectivity index (χ1) is 13.7. The molecule has 0 saturated heterocycles. The Labute approximate surface area is 161 Å². The van der Waals surface area contributed by atoms with Crippen LogP contribution < -0.4 is 10.1 Å². The Balaban J connectivity index is 1.52. The minimum Gasteiger partial charge on any atom is -0.497 e. The number of furan rings is 1. The molecular weight excluding hydrogens is 356 g/mol. The predicted molar refractivity (Wildman–Crippen MR) is 104 cm³/mol. The largest absolute Gasteiger partial charge is 0.497 e. The van der Waals surface area contributed by atoms with E-state index in [0.717, 1.165) is 5.56 Å². The fraction of sp³-hybridized carbons (Fsp3) is 0.0476. The van der Waals surface area contributed by atoms with Crippen LogP contribution in [0.1, 0.15) is 10.6 Å². The molecule has 3 aromatic heterocycles. The molecule has 1 amide bonds. The second kappa shape index (κ2) is 7.71. The molecule has 0 spiro atoms. The summed E-state index contributed by atoms with van der Waals surface area (Å²) in [6.07, 6.45) is 3.25. The molecule has 4 rings (SSSR count). The van der Waals surface area contributed by atoms with Gasteiger partial charge in [-0.05, 0) is 42.5 Å². The number of nitrogens with zero attached hydrogens (tertiary/aromatic N) is 3.